The average Bonchev–Trinajstić information content (AvgIpc) is 3.40. The van der Waals surface area contributed by atoms with Crippen LogP contribution in [0.15, 0.2) is 23.8 Å². The van der Waals surface area contributed by atoms with Gasteiger partial charge < -0.3 is 25.4 Å². The molecule has 3 heterocycles. The van der Waals surface area contributed by atoms with Crippen molar-refractivity contribution in [1.29, 1.82) is 0 Å². The number of amides is 3. The number of hydrogen-bond donors (Lipinski definition) is 3. The van der Waals surface area contributed by atoms with E-state index in [9.17, 15) is 19.5 Å². The summed E-state index contributed by atoms with van der Waals surface area (Å²) in [6, 6.07) is 1.53. The molecule has 3 N–H and O–H groups in total. The number of β-amino-alcohol motifs (C(OH)–C–C–N with tert-alkyl or cyclic N) is 1. The molecule has 1 aliphatic heterocycles. The highest BCUT2D eigenvalue weighted by Crippen LogP contribution is 2.29. The van der Waals surface area contributed by atoms with E-state index in [2.05, 4.69) is 20.6 Å². The Labute approximate surface area is 228 Å². The number of aliphatic hydroxyl groups is 1. The maximum atomic E-state index is 13.6. The second-order valence-electron chi connectivity index (χ2n) is 11.8. The zero-order valence-corrected chi connectivity index (χ0v) is 24.2. The number of thiazole rings is 1. The summed E-state index contributed by atoms with van der Waals surface area (Å²) in [5.41, 5.74) is 2.94. The molecule has 1 saturated heterocycles. The van der Waals surface area contributed by atoms with Gasteiger partial charge in [0.15, 0.2) is 0 Å². The first-order valence-corrected chi connectivity index (χ1v) is 13.6. The van der Waals surface area contributed by atoms with Crippen molar-refractivity contribution >= 4 is 29.2 Å². The molecule has 0 spiro atoms. The molecule has 11 heteroatoms. The summed E-state index contributed by atoms with van der Waals surface area (Å²) in [5, 5.41) is 16.0. The molecule has 0 saturated carbocycles. The number of aliphatic hydroxyl groups excluding tert-OH is 1. The predicted molar refractivity (Wildman–Crippen MR) is 145 cm³/mol. The van der Waals surface area contributed by atoms with Gasteiger partial charge in [0.05, 0.1) is 33.9 Å². The molecule has 208 valence electrons. The van der Waals surface area contributed by atoms with Gasteiger partial charge in [-0.3, -0.25) is 14.6 Å². The maximum absolute atomic E-state index is 13.6. The molecule has 0 aliphatic carbocycles. The summed E-state index contributed by atoms with van der Waals surface area (Å²) in [6.07, 6.45) is 0.282. The number of hydrogen-bond acceptors (Lipinski definition) is 8. The van der Waals surface area contributed by atoms with Crippen molar-refractivity contribution in [3.05, 3.63) is 35.2 Å². The Morgan fingerprint density at radius 3 is 2.34 bits per heavy atom. The lowest BCUT2D eigenvalue weighted by atomic mass is 9.85. The van der Waals surface area contributed by atoms with Crippen LogP contribution in [0.25, 0.3) is 10.4 Å². The second kappa shape index (κ2) is 11.4. The standard InChI is InChI=1S/C27H39N5O5S/c1-15(19-10-9-17(12-28-19)21-16(2)29-14-38-21)30-23(34)20-11-18(33)13-32(20)24(35)22(26(3,4)5)31-25(36)37-27(6,7)8/h9-10,12,14-15,18,20,22,33H,11,13H2,1-8H3,(H,30,34)(H,31,36)/t15-,18+,20-,22+/m0/s1. The molecule has 1 fully saturated rings. The van der Waals surface area contributed by atoms with Gasteiger partial charge in [0.1, 0.15) is 17.7 Å². The highest BCUT2D eigenvalue weighted by molar-refractivity contribution is 7.13. The minimum atomic E-state index is -0.959. The molecule has 38 heavy (non-hydrogen) atoms. The Bertz CT molecular complexity index is 1150. The monoisotopic (exact) mass is 545 g/mol. The van der Waals surface area contributed by atoms with Crippen molar-refractivity contribution in [3.63, 3.8) is 0 Å². The molecule has 10 nitrogen and oxygen atoms in total. The summed E-state index contributed by atoms with van der Waals surface area (Å²) < 4.78 is 5.35. The topological polar surface area (TPSA) is 134 Å². The number of likely N-dealkylation sites (tertiary alicyclic amines) is 1. The van der Waals surface area contributed by atoms with Gasteiger partial charge in [-0.1, -0.05) is 26.8 Å². The van der Waals surface area contributed by atoms with Gasteiger partial charge in [-0.2, -0.15) is 0 Å². The van der Waals surface area contributed by atoms with Gasteiger partial charge in [-0.25, -0.2) is 9.78 Å². The molecular formula is C27H39N5O5S. The van der Waals surface area contributed by atoms with Gasteiger partial charge in [0.2, 0.25) is 11.8 Å². The van der Waals surface area contributed by atoms with Crippen molar-refractivity contribution in [2.75, 3.05) is 6.54 Å². The van der Waals surface area contributed by atoms with Gasteiger partial charge in [0.25, 0.3) is 0 Å². The van der Waals surface area contributed by atoms with Crippen molar-refractivity contribution in [2.45, 2.75) is 91.6 Å². The lowest BCUT2D eigenvalue weighted by Gasteiger charge is -2.35. The lowest BCUT2D eigenvalue weighted by molar-refractivity contribution is -0.142. The number of ether oxygens (including phenoxy) is 1. The van der Waals surface area contributed by atoms with E-state index in [1.165, 1.54) is 4.90 Å². The summed E-state index contributed by atoms with van der Waals surface area (Å²) >= 11 is 1.54. The number of nitrogens with one attached hydrogen (secondary N) is 2. The van der Waals surface area contributed by atoms with E-state index in [0.29, 0.717) is 5.69 Å². The van der Waals surface area contributed by atoms with E-state index >= 15 is 0 Å². The van der Waals surface area contributed by atoms with Crippen LogP contribution < -0.4 is 10.6 Å². The summed E-state index contributed by atoms with van der Waals surface area (Å²) in [5.74, 6) is -0.841. The molecule has 0 radical (unpaired) electrons. The van der Waals surface area contributed by atoms with E-state index < -0.39 is 53.2 Å². The molecule has 3 rings (SSSR count). The molecule has 3 amide bonds. The van der Waals surface area contributed by atoms with Gasteiger partial charge in [0, 0.05) is 24.7 Å². The van der Waals surface area contributed by atoms with Crippen LogP contribution in [0.1, 0.15) is 72.3 Å². The highest BCUT2D eigenvalue weighted by atomic mass is 32.1. The quantitative estimate of drug-likeness (QED) is 0.505. The Balaban J connectivity index is 1.72. The summed E-state index contributed by atoms with van der Waals surface area (Å²) in [7, 11) is 0. The number of rotatable bonds is 6. The maximum Gasteiger partial charge on any atom is 0.408 e. The van der Waals surface area contributed by atoms with Crippen molar-refractivity contribution in [2.24, 2.45) is 5.41 Å². The van der Waals surface area contributed by atoms with Crippen LogP contribution in [0.3, 0.4) is 0 Å². The van der Waals surface area contributed by atoms with Crippen molar-refractivity contribution in [1.82, 2.24) is 25.5 Å². The zero-order chi connectivity index (χ0) is 28.4. The van der Waals surface area contributed by atoms with Crippen LogP contribution in [-0.2, 0) is 14.3 Å². The largest absolute Gasteiger partial charge is 0.444 e. The number of carbonyl (C=O) groups is 3. The Hall–Kier alpha value is -3.05. The van der Waals surface area contributed by atoms with Crippen LogP contribution in [0.5, 0.6) is 0 Å². The van der Waals surface area contributed by atoms with E-state index in [-0.39, 0.29) is 13.0 Å². The number of nitrogens with zero attached hydrogens (tertiary/aromatic N) is 3. The third-order valence-corrected chi connectivity index (χ3v) is 7.21. The average molecular weight is 546 g/mol. The minimum absolute atomic E-state index is 0.00493. The highest BCUT2D eigenvalue weighted by Gasteiger charge is 2.45. The smallest absolute Gasteiger partial charge is 0.408 e. The number of aryl methyl sites for hydroxylation is 1. The molecular weight excluding hydrogens is 506 g/mol. The van der Waals surface area contributed by atoms with E-state index in [0.717, 1.165) is 16.1 Å². The predicted octanol–water partition coefficient (Wildman–Crippen LogP) is 3.59. The second-order valence-corrected chi connectivity index (χ2v) is 12.7. The molecule has 2 aromatic rings. The van der Waals surface area contributed by atoms with Gasteiger partial charge in [-0.15, -0.1) is 11.3 Å². The van der Waals surface area contributed by atoms with Gasteiger partial charge in [-0.05, 0) is 46.1 Å². The number of pyridine rings is 1. The zero-order valence-electron chi connectivity index (χ0n) is 23.4. The molecule has 1 aliphatic rings. The SMILES string of the molecule is Cc1ncsc1-c1ccc([C@H](C)NC(=O)[C@@H]2C[C@@H](O)CN2C(=O)[C@@H](NC(=O)OC(C)(C)C)C(C)(C)C)nc1. The van der Waals surface area contributed by atoms with Crippen LogP contribution in [0, 0.1) is 12.3 Å². The molecule has 4 atom stereocenters. The third kappa shape index (κ3) is 7.28. The molecule has 0 unspecified atom stereocenters. The Morgan fingerprint density at radius 1 is 1.13 bits per heavy atom. The first-order chi connectivity index (χ1) is 17.6. The lowest BCUT2D eigenvalue weighted by Crippen LogP contribution is -2.58. The third-order valence-electron chi connectivity index (χ3n) is 6.24. The molecule has 2 aromatic heterocycles. The van der Waals surface area contributed by atoms with Crippen molar-refractivity contribution < 1.29 is 24.2 Å². The van der Waals surface area contributed by atoms with E-state index in [4.69, 9.17) is 4.74 Å². The van der Waals surface area contributed by atoms with E-state index in [1.807, 2.05) is 46.8 Å². The van der Waals surface area contributed by atoms with Crippen molar-refractivity contribution in [3.8, 4) is 10.4 Å². The summed E-state index contributed by atoms with van der Waals surface area (Å²) in [4.78, 5) is 50.6. The fraction of sp³-hybridized carbons (Fsp3) is 0.593. The fourth-order valence-corrected chi connectivity index (χ4v) is 5.10. The number of aromatic nitrogens is 2. The summed E-state index contributed by atoms with van der Waals surface area (Å²) in [6.45, 7) is 14.4. The molecule has 0 bridgehead atoms. The van der Waals surface area contributed by atoms with Crippen LogP contribution in [0.2, 0.25) is 0 Å². The minimum Gasteiger partial charge on any atom is -0.444 e. The van der Waals surface area contributed by atoms with Crippen LogP contribution >= 0.6 is 11.3 Å². The van der Waals surface area contributed by atoms with E-state index in [1.54, 1.807) is 43.8 Å². The molecule has 0 aromatic carbocycles. The van der Waals surface area contributed by atoms with Crippen LogP contribution in [-0.4, -0.2) is 68.2 Å². The number of carbonyl (C=O) groups excluding carboxylic acids is 3. The van der Waals surface area contributed by atoms with Gasteiger partial charge >= 0.3 is 6.09 Å². The van der Waals surface area contributed by atoms with Crippen LogP contribution in [0.4, 0.5) is 4.79 Å². The first-order valence-electron chi connectivity index (χ1n) is 12.7. The fourth-order valence-electron chi connectivity index (χ4n) is 4.30. The Morgan fingerprint density at radius 2 is 1.82 bits per heavy atom. The normalized spacial score (nSPS) is 19.6. The Kier molecular flexibility index (Phi) is 8.82. The first kappa shape index (κ1) is 29.5. The number of alkyl carbamates (subject to hydrolysis) is 1.